The molecule has 6 rings (SSSR count). The summed E-state index contributed by atoms with van der Waals surface area (Å²) >= 11 is 27.0. The van der Waals surface area contributed by atoms with Crippen molar-refractivity contribution in [2.75, 3.05) is 51.3 Å². The molecule has 0 aliphatic carbocycles. The van der Waals surface area contributed by atoms with Crippen LogP contribution in [-0.4, -0.2) is 67.4 Å². The smallest absolute Gasteiger partial charge is 0.137 e. The molecular formula is C40H48BrCl5N2O4. The van der Waals surface area contributed by atoms with E-state index in [-0.39, 0.29) is 23.6 Å². The summed E-state index contributed by atoms with van der Waals surface area (Å²) in [4.78, 5) is 2.39. The number of hydrogen-bond acceptors (Lipinski definition) is 6. The molecule has 284 valence electrons. The molecule has 2 aliphatic heterocycles. The van der Waals surface area contributed by atoms with Crippen molar-refractivity contribution in [2.45, 2.75) is 50.7 Å². The fourth-order valence-corrected chi connectivity index (χ4v) is 6.62. The zero-order valence-electron chi connectivity index (χ0n) is 29.6. The highest BCUT2D eigenvalue weighted by atomic mass is 79.9. The minimum Gasteiger partial charge on any atom is -0.491 e. The van der Waals surface area contributed by atoms with Crippen molar-refractivity contribution in [2.24, 2.45) is 0 Å². The summed E-state index contributed by atoms with van der Waals surface area (Å²) < 4.78 is 23.3. The molecule has 2 aliphatic rings. The van der Waals surface area contributed by atoms with E-state index in [1.54, 1.807) is 0 Å². The van der Waals surface area contributed by atoms with Crippen LogP contribution in [0, 0.1) is 0 Å². The Morgan fingerprint density at radius 3 is 1.67 bits per heavy atom. The summed E-state index contributed by atoms with van der Waals surface area (Å²) in [6.07, 6.45) is 4.42. The first-order valence-electron chi connectivity index (χ1n) is 17.2. The summed E-state index contributed by atoms with van der Waals surface area (Å²) in [5, 5.41) is 6.95. The maximum absolute atomic E-state index is 6.25. The molecule has 0 bridgehead atoms. The van der Waals surface area contributed by atoms with Gasteiger partial charge in [-0.3, -0.25) is 4.90 Å². The molecule has 4 aromatic carbocycles. The lowest BCUT2D eigenvalue weighted by atomic mass is 9.94. The number of nitrogens with one attached hydrogen (secondary N) is 1. The second-order valence-corrected chi connectivity index (χ2v) is 15.4. The number of halogens is 6. The second-order valence-electron chi connectivity index (χ2n) is 12.9. The lowest BCUT2D eigenvalue weighted by Crippen LogP contribution is -2.50. The van der Waals surface area contributed by atoms with E-state index in [9.17, 15) is 0 Å². The molecule has 52 heavy (non-hydrogen) atoms. The van der Waals surface area contributed by atoms with Gasteiger partial charge >= 0.3 is 0 Å². The summed E-state index contributed by atoms with van der Waals surface area (Å²) in [7, 11) is 0. The molecule has 12 heteroatoms. The quantitative estimate of drug-likeness (QED) is 0.152. The van der Waals surface area contributed by atoms with Gasteiger partial charge in [0.05, 0.1) is 16.7 Å². The Balaban J connectivity index is 0.000000230. The first-order chi connectivity index (χ1) is 24.6. The molecule has 6 nitrogen and oxygen atoms in total. The number of nitrogens with zero attached hydrogens (tertiary/aromatic N) is 1. The van der Waals surface area contributed by atoms with Crippen LogP contribution < -0.4 is 24.3 Å². The summed E-state index contributed by atoms with van der Waals surface area (Å²) in [5.74, 6) is 3.24. The summed E-state index contributed by atoms with van der Waals surface area (Å²) in [6, 6.07) is 30.1. The average molecular weight is 878 g/mol. The normalized spacial score (nSPS) is 19.8. The minimum absolute atomic E-state index is 0. The van der Waals surface area contributed by atoms with Gasteiger partial charge in [-0.2, -0.15) is 0 Å². The second kappa shape index (κ2) is 23.0. The third kappa shape index (κ3) is 15.7. The lowest BCUT2D eigenvalue weighted by Gasteiger charge is -2.40. The Kier molecular flexibility index (Phi) is 19.6. The Morgan fingerprint density at radius 1 is 0.673 bits per heavy atom. The SMILES string of the molecule is CC1(Oc2ccc(Cl)cc2)CCCN(CCOc2ccccc2Cl)C1.CC1(Oc2ccc(Cl)cc2)CCCNC1.Cl.Clc1ccccc1OCCBr. The van der Waals surface area contributed by atoms with Crippen LogP contribution in [0.1, 0.15) is 39.5 Å². The maximum atomic E-state index is 6.25. The van der Waals surface area contributed by atoms with Crippen molar-refractivity contribution in [1.82, 2.24) is 10.2 Å². The number of para-hydroxylation sites is 2. The van der Waals surface area contributed by atoms with E-state index in [2.05, 4.69) is 40.0 Å². The molecule has 0 saturated carbocycles. The van der Waals surface area contributed by atoms with Crippen molar-refractivity contribution < 1.29 is 18.9 Å². The minimum atomic E-state index is -0.198. The Hall–Kier alpha value is -2.07. The summed E-state index contributed by atoms with van der Waals surface area (Å²) in [5.41, 5.74) is -0.275. The highest BCUT2D eigenvalue weighted by Gasteiger charge is 2.33. The van der Waals surface area contributed by atoms with Gasteiger partial charge in [0.2, 0.25) is 0 Å². The van der Waals surface area contributed by atoms with E-state index in [1.165, 1.54) is 6.42 Å². The van der Waals surface area contributed by atoms with Crippen molar-refractivity contribution in [3.8, 4) is 23.0 Å². The van der Waals surface area contributed by atoms with Gasteiger partial charge in [0.25, 0.3) is 0 Å². The van der Waals surface area contributed by atoms with Crippen LogP contribution in [0.25, 0.3) is 0 Å². The van der Waals surface area contributed by atoms with Gasteiger partial charge in [0, 0.05) is 35.0 Å². The van der Waals surface area contributed by atoms with Crippen LogP contribution in [0.5, 0.6) is 23.0 Å². The first kappa shape index (κ1) is 44.3. The van der Waals surface area contributed by atoms with Gasteiger partial charge in [0.15, 0.2) is 0 Å². The van der Waals surface area contributed by atoms with E-state index in [0.29, 0.717) is 23.3 Å². The van der Waals surface area contributed by atoms with Gasteiger partial charge in [-0.05, 0) is 125 Å². The Morgan fingerprint density at radius 2 is 1.17 bits per heavy atom. The molecule has 0 aromatic heterocycles. The van der Waals surface area contributed by atoms with Crippen LogP contribution in [0.3, 0.4) is 0 Å². The van der Waals surface area contributed by atoms with E-state index in [0.717, 1.165) is 90.4 Å². The average Bonchev–Trinajstić information content (AvgIpc) is 3.12. The molecule has 2 fully saturated rings. The van der Waals surface area contributed by atoms with Crippen LogP contribution in [0.2, 0.25) is 20.1 Å². The third-order valence-corrected chi connectivity index (χ3v) is 9.78. The highest BCUT2D eigenvalue weighted by Crippen LogP contribution is 2.29. The molecule has 2 unspecified atom stereocenters. The Labute approximate surface area is 343 Å². The standard InChI is InChI=1S/C20H23Cl2NO2.C12H16ClNO.C8H8BrClO.ClH/c1-20(25-17-9-7-16(21)8-10-17)11-4-12-23(15-20)13-14-24-19-6-3-2-5-18(19)22;1-12(7-2-8-14-9-12)15-11-5-3-10(13)4-6-11;9-5-6-11-8-4-2-1-3-7(8)10;/h2-3,5-10H,4,11-15H2,1H3;3-6,14H,2,7-9H2,1H3;1-4H,5-6H2;1H. The lowest BCUT2D eigenvalue weighted by molar-refractivity contribution is 0.00215. The predicted molar refractivity (Wildman–Crippen MR) is 224 cm³/mol. The van der Waals surface area contributed by atoms with Gasteiger partial charge in [-0.25, -0.2) is 0 Å². The number of hydrogen-bond donors (Lipinski definition) is 1. The van der Waals surface area contributed by atoms with Crippen molar-refractivity contribution >= 4 is 74.7 Å². The van der Waals surface area contributed by atoms with Crippen LogP contribution >= 0.6 is 74.7 Å². The number of benzene rings is 4. The number of ether oxygens (including phenoxy) is 4. The fourth-order valence-electron chi connectivity index (χ4n) is 5.83. The molecule has 1 N–H and O–H groups in total. The zero-order chi connectivity index (χ0) is 36.5. The zero-order valence-corrected chi connectivity index (χ0v) is 35.0. The highest BCUT2D eigenvalue weighted by molar-refractivity contribution is 9.09. The molecule has 2 saturated heterocycles. The molecule has 2 atom stereocenters. The van der Waals surface area contributed by atoms with Crippen molar-refractivity contribution in [3.05, 3.63) is 117 Å². The molecule has 0 radical (unpaired) electrons. The van der Waals surface area contributed by atoms with Gasteiger partial charge in [-0.1, -0.05) is 86.6 Å². The van der Waals surface area contributed by atoms with Crippen LogP contribution in [0.4, 0.5) is 0 Å². The third-order valence-electron chi connectivity index (χ3n) is 8.33. The predicted octanol–water partition coefficient (Wildman–Crippen LogP) is 11.7. The van der Waals surface area contributed by atoms with E-state index < -0.39 is 0 Å². The Bertz CT molecular complexity index is 1600. The fraction of sp³-hybridized carbons (Fsp3) is 0.400. The van der Waals surface area contributed by atoms with Gasteiger partial charge in [-0.15, -0.1) is 12.4 Å². The summed E-state index contributed by atoms with van der Waals surface area (Å²) in [6.45, 7) is 10.4. The van der Waals surface area contributed by atoms with Gasteiger partial charge in [0.1, 0.15) is 40.8 Å². The molecule has 0 amide bonds. The number of likely N-dealkylation sites (tertiary alicyclic amines) is 1. The van der Waals surface area contributed by atoms with Crippen molar-refractivity contribution in [1.29, 1.82) is 0 Å². The molecule has 4 aromatic rings. The van der Waals surface area contributed by atoms with Crippen LogP contribution in [0.15, 0.2) is 97.1 Å². The van der Waals surface area contributed by atoms with Crippen molar-refractivity contribution in [3.63, 3.8) is 0 Å². The topological polar surface area (TPSA) is 52.2 Å². The molecule has 0 spiro atoms. The van der Waals surface area contributed by atoms with Gasteiger partial charge < -0.3 is 24.3 Å². The number of rotatable bonds is 11. The van der Waals surface area contributed by atoms with E-state index >= 15 is 0 Å². The number of piperidine rings is 2. The maximum Gasteiger partial charge on any atom is 0.137 e. The largest absolute Gasteiger partial charge is 0.491 e. The van der Waals surface area contributed by atoms with Crippen LogP contribution in [-0.2, 0) is 0 Å². The molecule has 2 heterocycles. The number of alkyl halides is 1. The van der Waals surface area contributed by atoms with E-state index in [4.69, 9.17) is 65.4 Å². The monoisotopic (exact) mass is 874 g/mol. The first-order valence-corrected chi connectivity index (χ1v) is 19.8. The van der Waals surface area contributed by atoms with E-state index in [1.807, 2.05) is 97.1 Å². The molecular weight excluding hydrogens is 830 g/mol.